The Balaban J connectivity index is 1.36. The summed E-state index contributed by atoms with van der Waals surface area (Å²) in [6.07, 6.45) is 7.24. The van der Waals surface area contributed by atoms with Crippen LogP contribution >= 0.6 is 11.3 Å². The molecule has 3 rings (SSSR count). The standard InChI is InChI=1S/C17H24N4S/c1-21(9-3-6-14-5-2-8-18-12-14)13-15-11-16(20-19-15)17-7-4-10-22-17/h2,4-5,7-8,10,12,15-16,19-20H,3,6,9,11,13H2,1H3. The topological polar surface area (TPSA) is 40.2 Å². The summed E-state index contributed by atoms with van der Waals surface area (Å²) in [5.41, 5.74) is 8.19. The summed E-state index contributed by atoms with van der Waals surface area (Å²) in [7, 11) is 2.21. The number of thiophene rings is 1. The van der Waals surface area contributed by atoms with Crippen molar-refractivity contribution in [3.8, 4) is 0 Å². The molecule has 2 N–H and O–H groups in total. The molecular weight excluding hydrogens is 292 g/mol. The lowest BCUT2D eigenvalue weighted by molar-refractivity contribution is 0.293. The van der Waals surface area contributed by atoms with Crippen LogP contribution in [0.25, 0.3) is 0 Å². The van der Waals surface area contributed by atoms with E-state index in [1.165, 1.54) is 16.9 Å². The number of hydrogen-bond acceptors (Lipinski definition) is 5. The highest BCUT2D eigenvalue weighted by Gasteiger charge is 2.26. The molecule has 2 unspecified atom stereocenters. The Kier molecular flexibility index (Phi) is 5.56. The first-order valence-electron chi connectivity index (χ1n) is 7.93. The van der Waals surface area contributed by atoms with Gasteiger partial charge in [-0.25, -0.2) is 5.43 Å². The van der Waals surface area contributed by atoms with Crippen LogP contribution < -0.4 is 10.9 Å². The minimum atomic E-state index is 0.466. The second kappa shape index (κ2) is 7.83. The summed E-state index contributed by atoms with van der Waals surface area (Å²) in [5, 5.41) is 2.15. The van der Waals surface area contributed by atoms with Gasteiger partial charge in [0.25, 0.3) is 0 Å². The molecule has 4 nitrogen and oxygen atoms in total. The molecule has 0 radical (unpaired) electrons. The molecule has 3 heterocycles. The van der Waals surface area contributed by atoms with Crippen molar-refractivity contribution in [2.24, 2.45) is 0 Å². The van der Waals surface area contributed by atoms with Gasteiger partial charge >= 0.3 is 0 Å². The first kappa shape index (κ1) is 15.6. The smallest absolute Gasteiger partial charge is 0.0571 e. The predicted octanol–water partition coefficient (Wildman–Crippen LogP) is 2.62. The van der Waals surface area contributed by atoms with E-state index < -0.39 is 0 Å². The monoisotopic (exact) mass is 316 g/mol. The molecule has 1 aliphatic rings. The van der Waals surface area contributed by atoms with Crippen LogP contribution in [0.5, 0.6) is 0 Å². The summed E-state index contributed by atoms with van der Waals surface area (Å²) in [4.78, 5) is 8.02. The molecule has 1 aliphatic heterocycles. The normalized spacial score (nSPS) is 21.5. The lowest BCUT2D eigenvalue weighted by Gasteiger charge is -2.20. The SMILES string of the molecule is CN(CCCc1cccnc1)CC1CC(c2cccs2)NN1. The molecule has 5 heteroatoms. The molecule has 1 fully saturated rings. The molecule has 2 aromatic rings. The third-order valence-electron chi connectivity index (χ3n) is 4.13. The minimum absolute atomic E-state index is 0.466. The van der Waals surface area contributed by atoms with Crippen molar-refractivity contribution in [2.45, 2.75) is 31.3 Å². The first-order valence-corrected chi connectivity index (χ1v) is 8.81. The van der Waals surface area contributed by atoms with E-state index in [-0.39, 0.29) is 0 Å². The van der Waals surface area contributed by atoms with E-state index in [0.717, 1.165) is 25.9 Å². The van der Waals surface area contributed by atoms with Crippen molar-refractivity contribution in [1.29, 1.82) is 0 Å². The van der Waals surface area contributed by atoms with Crippen LogP contribution in [0.3, 0.4) is 0 Å². The average Bonchev–Trinajstić information content (AvgIpc) is 3.19. The van der Waals surface area contributed by atoms with Gasteiger partial charge in [-0.1, -0.05) is 12.1 Å². The summed E-state index contributed by atoms with van der Waals surface area (Å²) in [6.45, 7) is 2.21. The minimum Gasteiger partial charge on any atom is -0.305 e. The van der Waals surface area contributed by atoms with Crippen LogP contribution in [0.2, 0.25) is 0 Å². The molecule has 22 heavy (non-hydrogen) atoms. The summed E-state index contributed by atoms with van der Waals surface area (Å²) in [6, 6.07) is 9.49. The van der Waals surface area contributed by atoms with Gasteiger partial charge in [0, 0.05) is 29.9 Å². The molecule has 118 valence electrons. The number of aromatic nitrogens is 1. The predicted molar refractivity (Wildman–Crippen MR) is 91.8 cm³/mol. The van der Waals surface area contributed by atoms with E-state index in [4.69, 9.17) is 0 Å². The lowest BCUT2D eigenvalue weighted by atomic mass is 10.1. The number of hydrogen-bond donors (Lipinski definition) is 2. The maximum absolute atomic E-state index is 4.17. The van der Waals surface area contributed by atoms with Crippen LogP contribution in [0.15, 0.2) is 42.0 Å². The van der Waals surface area contributed by atoms with Gasteiger partial charge in [-0.05, 0) is 55.9 Å². The molecule has 1 saturated heterocycles. The Hall–Kier alpha value is -1.27. The van der Waals surface area contributed by atoms with E-state index in [1.54, 1.807) is 0 Å². The van der Waals surface area contributed by atoms with Crippen LogP contribution in [0, 0.1) is 0 Å². The van der Waals surface area contributed by atoms with Crippen molar-refractivity contribution >= 4 is 11.3 Å². The van der Waals surface area contributed by atoms with Gasteiger partial charge in [0.2, 0.25) is 0 Å². The van der Waals surface area contributed by atoms with E-state index in [9.17, 15) is 0 Å². The van der Waals surface area contributed by atoms with E-state index in [0.29, 0.717) is 12.1 Å². The third kappa shape index (κ3) is 4.36. The van der Waals surface area contributed by atoms with Crippen molar-refractivity contribution in [2.75, 3.05) is 20.1 Å². The molecule has 0 aromatic carbocycles. The number of nitrogens with zero attached hydrogens (tertiary/aromatic N) is 2. The van der Waals surface area contributed by atoms with Gasteiger partial charge in [-0.2, -0.15) is 0 Å². The number of hydrazine groups is 1. The van der Waals surface area contributed by atoms with Gasteiger partial charge in [0.15, 0.2) is 0 Å². The van der Waals surface area contributed by atoms with E-state index in [1.807, 2.05) is 29.8 Å². The lowest BCUT2D eigenvalue weighted by Crippen LogP contribution is -2.39. The van der Waals surface area contributed by atoms with Crippen molar-refractivity contribution < 1.29 is 0 Å². The highest BCUT2D eigenvalue weighted by molar-refractivity contribution is 7.10. The van der Waals surface area contributed by atoms with Gasteiger partial charge < -0.3 is 4.90 Å². The number of rotatable bonds is 7. The van der Waals surface area contributed by atoms with Crippen LogP contribution in [0.1, 0.15) is 29.3 Å². The highest BCUT2D eigenvalue weighted by atomic mass is 32.1. The molecule has 0 aliphatic carbocycles. The maximum atomic E-state index is 4.17. The molecule has 0 amide bonds. The largest absolute Gasteiger partial charge is 0.305 e. The van der Waals surface area contributed by atoms with Crippen molar-refractivity contribution in [3.63, 3.8) is 0 Å². The van der Waals surface area contributed by atoms with Crippen LogP contribution in [-0.2, 0) is 6.42 Å². The second-order valence-electron chi connectivity index (χ2n) is 6.02. The Morgan fingerprint density at radius 1 is 1.32 bits per heavy atom. The first-order chi connectivity index (χ1) is 10.8. The molecule has 0 bridgehead atoms. The van der Waals surface area contributed by atoms with Gasteiger partial charge in [0.1, 0.15) is 0 Å². The molecular formula is C17H24N4S. The Labute approximate surface area is 136 Å². The Morgan fingerprint density at radius 2 is 2.27 bits per heavy atom. The summed E-state index contributed by atoms with van der Waals surface area (Å²) in [5.74, 6) is 0. The Morgan fingerprint density at radius 3 is 3.05 bits per heavy atom. The quantitative estimate of drug-likeness (QED) is 0.824. The van der Waals surface area contributed by atoms with Gasteiger partial charge in [-0.3, -0.25) is 10.4 Å². The fraction of sp³-hybridized carbons (Fsp3) is 0.471. The fourth-order valence-corrected chi connectivity index (χ4v) is 3.78. The Bertz CT molecular complexity index is 543. The van der Waals surface area contributed by atoms with Crippen LogP contribution in [0.4, 0.5) is 0 Å². The van der Waals surface area contributed by atoms with Crippen LogP contribution in [-0.4, -0.2) is 36.1 Å². The number of likely N-dealkylation sites (N-methyl/N-ethyl adjacent to an activating group) is 1. The average molecular weight is 316 g/mol. The highest BCUT2D eigenvalue weighted by Crippen LogP contribution is 2.26. The zero-order chi connectivity index (χ0) is 15.2. The number of pyridine rings is 1. The number of aryl methyl sites for hydroxylation is 1. The van der Waals surface area contributed by atoms with Crippen molar-refractivity contribution in [3.05, 3.63) is 52.5 Å². The number of nitrogens with one attached hydrogen (secondary N) is 2. The van der Waals surface area contributed by atoms with Crippen molar-refractivity contribution in [1.82, 2.24) is 20.7 Å². The maximum Gasteiger partial charge on any atom is 0.0571 e. The fourth-order valence-electron chi connectivity index (χ4n) is 2.98. The molecule has 2 aromatic heterocycles. The second-order valence-corrected chi connectivity index (χ2v) is 7.00. The molecule has 0 spiro atoms. The summed E-state index contributed by atoms with van der Waals surface area (Å²) >= 11 is 1.83. The third-order valence-corrected chi connectivity index (χ3v) is 5.11. The summed E-state index contributed by atoms with van der Waals surface area (Å²) < 4.78 is 0. The van der Waals surface area contributed by atoms with Gasteiger partial charge in [0.05, 0.1) is 6.04 Å². The zero-order valence-corrected chi connectivity index (χ0v) is 13.9. The van der Waals surface area contributed by atoms with E-state index in [2.05, 4.69) is 51.4 Å². The zero-order valence-electron chi connectivity index (χ0n) is 13.0. The van der Waals surface area contributed by atoms with E-state index >= 15 is 0 Å². The molecule has 0 saturated carbocycles. The molecule has 2 atom stereocenters. The van der Waals surface area contributed by atoms with Gasteiger partial charge in [-0.15, -0.1) is 11.3 Å².